The van der Waals surface area contributed by atoms with Crippen LogP contribution in [0.1, 0.15) is 45.2 Å². The molecule has 0 radical (unpaired) electrons. The minimum atomic E-state index is -2.63. The SMILES string of the molecule is CC1(C)CCCCN1c1cc(-c2cnc3ccc(C(F)F)nn23)ncn1. The topological polar surface area (TPSA) is 59.2 Å². The van der Waals surface area contributed by atoms with E-state index in [2.05, 4.69) is 38.8 Å². The number of aromatic nitrogens is 5. The number of nitrogens with zero attached hydrogens (tertiary/aromatic N) is 6. The zero-order valence-electron chi connectivity index (χ0n) is 14.7. The van der Waals surface area contributed by atoms with Crippen molar-refractivity contribution in [3.8, 4) is 11.4 Å². The van der Waals surface area contributed by atoms with Gasteiger partial charge in [0.25, 0.3) is 6.43 Å². The largest absolute Gasteiger partial charge is 0.351 e. The van der Waals surface area contributed by atoms with Crippen molar-refractivity contribution >= 4 is 11.5 Å². The van der Waals surface area contributed by atoms with E-state index in [0.717, 1.165) is 25.2 Å². The average molecular weight is 358 g/mol. The third-order valence-corrected chi connectivity index (χ3v) is 4.95. The van der Waals surface area contributed by atoms with Gasteiger partial charge in [-0.25, -0.2) is 28.2 Å². The molecule has 0 aromatic carbocycles. The first-order valence-electron chi connectivity index (χ1n) is 8.69. The second-order valence-electron chi connectivity index (χ2n) is 7.15. The minimum absolute atomic E-state index is 0.0183. The van der Waals surface area contributed by atoms with Crippen LogP contribution in [0.3, 0.4) is 0 Å². The van der Waals surface area contributed by atoms with E-state index >= 15 is 0 Å². The first-order valence-corrected chi connectivity index (χ1v) is 8.69. The molecular formula is C18H20F2N6. The number of halogens is 2. The van der Waals surface area contributed by atoms with Crippen molar-refractivity contribution in [2.75, 3.05) is 11.4 Å². The number of alkyl halides is 2. The van der Waals surface area contributed by atoms with Gasteiger partial charge in [0, 0.05) is 18.2 Å². The van der Waals surface area contributed by atoms with Gasteiger partial charge >= 0.3 is 0 Å². The van der Waals surface area contributed by atoms with Crippen molar-refractivity contribution in [1.82, 2.24) is 24.6 Å². The van der Waals surface area contributed by atoms with Gasteiger partial charge < -0.3 is 4.90 Å². The summed E-state index contributed by atoms with van der Waals surface area (Å²) < 4.78 is 27.4. The predicted octanol–water partition coefficient (Wildman–Crippen LogP) is 3.89. The standard InChI is InChI=1S/C18H20F2N6/c1-18(2)7-3-4-8-25(18)16-9-13(22-11-23-16)14-10-21-15-6-5-12(17(19)20)24-26(14)15/h5-6,9-11,17H,3-4,7-8H2,1-2H3. The molecule has 4 rings (SSSR count). The highest BCUT2D eigenvalue weighted by Crippen LogP contribution is 2.32. The van der Waals surface area contributed by atoms with Crippen molar-refractivity contribution < 1.29 is 8.78 Å². The van der Waals surface area contributed by atoms with E-state index in [1.165, 1.54) is 29.4 Å². The molecule has 3 aromatic heterocycles. The Morgan fingerprint density at radius 1 is 1.12 bits per heavy atom. The number of anilines is 1. The zero-order valence-corrected chi connectivity index (χ0v) is 14.7. The lowest BCUT2D eigenvalue weighted by Gasteiger charge is -2.43. The second kappa shape index (κ2) is 6.26. The number of hydrogen-bond donors (Lipinski definition) is 0. The molecule has 8 heteroatoms. The third kappa shape index (κ3) is 2.89. The fraction of sp³-hybridized carbons (Fsp3) is 0.444. The predicted molar refractivity (Wildman–Crippen MR) is 94.2 cm³/mol. The van der Waals surface area contributed by atoms with Crippen molar-refractivity contribution in [3.05, 3.63) is 36.4 Å². The van der Waals surface area contributed by atoms with Crippen molar-refractivity contribution in [1.29, 1.82) is 0 Å². The maximum absolute atomic E-state index is 13.0. The molecule has 4 heterocycles. The van der Waals surface area contributed by atoms with Crippen LogP contribution in [0.2, 0.25) is 0 Å². The zero-order chi connectivity index (χ0) is 18.3. The van der Waals surface area contributed by atoms with Crippen LogP contribution < -0.4 is 4.90 Å². The Morgan fingerprint density at radius 3 is 2.73 bits per heavy atom. The lowest BCUT2D eigenvalue weighted by Crippen LogP contribution is -2.48. The van der Waals surface area contributed by atoms with Gasteiger partial charge in [-0.05, 0) is 45.2 Å². The van der Waals surface area contributed by atoms with Crippen LogP contribution in [-0.2, 0) is 0 Å². The van der Waals surface area contributed by atoms with Gasteiger partial charge in [0.05, 0.1) is 11.9 Å². The Balaban J connectivity index is 1.77. The molecule has 0 unspecified atom stereocenters. The minimum Gasteiger partial charge on any atom is -0.351 e. The summed E-state index contributed by atoms with van der Waals surface area (Å²) in [5.41, 5.74) is 1.42. The molecule has 0 bridgehead atoms. The summed E-state index contributed by atoms with van der Waals surface area (Å²) in [6, 6.07) is 4.71. The summed E-state index contributed by atoms with van der Waals surface area (Å²) in [6.07, 6.45) is 3.90. The number of hydrogen-bond acceptors (Lipinski definition) is 5. The summed E-state index contributed by atoms with van der Waals surface area (Å²) in [7, 11) is 0. The lowest BCUT2D eigenvalue weighted by atomic mass is 9.90. The molecule has 1 aliphatic heterocycles. The van der Waals surface area contributed by atoms with Gasteiger partial charge in [-0.3, -0.25) is 0 Å². The smallest absolute Gasteiger partial charge is 0.282 e. The van der Waals surface area contributed by atoms with Crippen LogP contribution in [0.15, 0.2) is 30.7 Å². The first-order chi connectivity index (χ1) is 12.5. The Morgan fingerprint density at radius 2 is 1.96 bits per heavy atom. The lowest BCUT2D eigenvalue weighted by molar-refractivity contribution is 0.144. The number of piperidine rings is 1. The van der Waals surface area contributed by atoms with E-state index in [9.17, 15) is 8.78 Å². The van der Waals surface area contributed by atoms with E-state index in [1.807, 2.05) is 6.07 Å². The maximum Gasteiger partial charge on any atom is 0.282 e. The molecule has 0 spiro atoms. The quantitative estimate of drug-likeness (QED) is 0.711. The fourth-order valence-corrected chi connectivity index (χ4v) is 3.50. The highest BCUT2D eigenvalue weighted by Gasteiger charge is 2.31. The molecule has 3 aromatic rings. The van der Waals surface area contributed by atoms with E-state index < -0.39 is 6.43 Å². The molecule has 1 fully saturated rings. The highest BCUT2D eigenvalue weighted by molar-refractivity contribution is 5.62. The fourth-order valence-electron chi connectivity index (χ4n) is 3.50. The normalized spacial score (nSPS) is 17.2. The third-order valence-electron chi connectivity index (χ3n) is 4.95. The van der Waals surface area contributed by atoms with Gasteiger partial charge in [-0.1, -0.05) is 0 Å². The average Bonchev–Trinajstić information content (AvgIpc) is 3.04. The van der Waals surface area contributed by atoms with Gasteiger partial charge in [0.15, 0.2) is 5.65 Å². The number of rotatable bonds is 3. The van der Waals surface area contributed by atoms with Crippen LogP contribution in [-0.4, -0.2) is 36.6 Å². The summed E-state index contributed by atoms with van der Waals surface area (Å²) >= 11 is 0. The highest BCUT2D eigenvalue weighted by atomic mass is 19.3. The van der Waals surface area contributed by atoms with Gasteiger partial charge in [-0.15, -0.1) is 0 Å². The molecule has 0 amide bonds. The maximum atomic E-state index is 13.0. The van der Waals surface area contributed by atoms with Crippen molar-refractivity contribution in [2.24, 2.45) is 0 Å². The summed E-state index contributed by atoms with van der Waals surface area (Å²) in [5.74, 6) is 0.833. The number of imidazole rings is 1. The van der Waals surface area contributed by atoms with E-state index in [-0.39, 0.29) is 11.2 Å². The van der Waals surface area contributed by atoms with Gasteiger partial charge in [-0.2, -0.15) is 5.10 Å². The summed E-state index contributed by atoms with van der Waals surface area (Å²) in [4.78, 5) is 15.3. The van der Waals surface area contributed by atoms with Crippen LogP contribution in [0, 0.1) is 0 Å². The Kier molecular flexibility index (Phi) is 4.05. The first kappa shape index (κ1) is 16.8. The molecular weight excluding hydrogens is 338 g/mol. The van der Waals surface area contributed by atoms with Crippen LogP contribution in [0.4, 0.5) is 14.6 Å². The molecule has 136 valence electrons. The summed E-state index contributed by atoms with van der Waals surface area (Å²) in [6.45, 7) is 5.35. The van der Waals surface area contributed by atoms with Gasteiger partial charge in [0.1, 0.15) is 23.5 Å². The molecule has 6 nitrogen and oxygen atoms in total. The van der Waals surface area contributed by atoms with Gasteiger partial charge in [0.2, 0.25) is 0 Å². The Bertz CT molecular complexity index is 936. The number of fused-ring (bicyclic) bond motifs is 1. The van der Waals surface area contributed by atoms with Crippen LogP contribution >= 0.6 is 0 Å². The monoisotopic (exact) mass is 358 g/mol. The Hall–Kier alpha value is -2.64. The Labute approximate surface area is 149 Å². The summed E-state index contributed by atoms with van der Waals surface area (Å²) in [5, 5.41) is 4.01. The molecule has 26 heavy (non-hydrogen) atoms. The van der Waals surface area contributed by atoms with Crippen LogP contribution in [0.25, 0.3) is 17.0 Å². The molecule has 0 atom stereocenters. The van der Waals surface area contributed by atoms with E-state index in [4.69, 9.17) is 0 Å². The molecule has 1 aliphatic rings. The molecule has 0 aliphatic carbocycles. The van der Waals surface area contributed by atoms with Crippen molar-refractivity contribution in [2.45, 2.75) is 45.1 Å². The van der Waals surface area contributed by atoms with Crippen LogP contribution in [0.5, 0.6) is 0 Å². The molecule has 1 saturated heterocycles. The van der Waals surface area contributed by atoms with E-state index in [0.29, 0.717) is 17.0 Å². The molecule has 0 saturated carbocycles. The molecule has 0 N–H and O–H groups in total. The van der Waals surface area contributed by atoms with E-state index in [1.54, 1.807) is 6.20 Å². The van der Waals surface area contributed by atoms with Crippen molar-refractivity contribution in [3.63, 3.8) is 0 Å². The second-order valence-corrected chi connectivity index (χ2v) is 7.15.